The molecule has 42 valence electrons. The van der Waals surface area contributed by atoms with Gasteiger partial charge in [0.15, 0.2) is 0 Å². The van der Waals surface area contributed by atoms with E-state index >= 15 is 0 Å². The zero-order valence-electron chi connectivity index (χ0n) is 4.05. The number of ether oxygens (including phenoxy) is 1. The molecule has 1 aliphatic heterocycles. The van der Waals surface area contributed by atoms with Crippen molar-refractivity contribution in [2.24, 2.45) is 0 Å². The normalized spacial score (nSPS) is 31.3. The van der Waals surface area contributed by atoms with Gasteiger partial charge >= 0.3 is 0 Å². The molecule has 1 saturated heterocycles. The van der Waals surface area contributed by atoms with E-state index in [0.29, 0.717) is 6.73 Å². The van der Waals surface area contributed by atoms with E-state index in [-0.39, 0.29) is 12.7 Å². The minimum atomic E-state index is 0.0417. The van der Waals surface area contributed by atoms with Crippen LogP contribution in [0.5, 0.6) is 0 Å². The van der Waals surface area contributed by atoms with Crippen molar-refractivity contribution in [1.29, 1.82) is 0 Å². The van der Waals surface area contributed by atoms with Crippen LogP contribution in [0.2, 0.25) is 0 Å². The van der Waals surface area contributed by atoms with Gasteiger partial charge in [-0.1, -0.05) is 0 Å². The maximum Gasteiger partial charge on any atom is 0.0971 e. The average molecular weight is 103 g/mol. The van der Waals surface area contributed by atoms with E-state index in [1.807, 2.05) is 0 Å². The molecule has 0 aliphatic carbocycles. The summed E-state index contributed by atoms with van der Waals surface area (Å²) in [6.45, 7) is 1.51. The van der Waals surface area contributed by atoms with Gasteiger partial charge in [0.25, 0.3) is 0 Å². The Hall–Kier alpha value is -0.120. The fourth-order valence-electron chi connectivity index (χ4n) is 0.573. The predicted molar refractivity (Wildman–Crippen MR) is 24.8 cm³/mol. The molecule has 1 aliphatic rings. The highest BCUT2D eigenvalue weighted by atomic mass is 16.5. The van der Waals surface area contributed by atoms with Crippen LogP contribution in [0.25, 0.3) is 0 Å². The van der Waals surface area contributed by atoms with Crippen LogP contribution in [0.15, 0.2) is 0 Å². The van der Waals surface area contributed by atoms with Gasteiger partial charge in [-0.25, -0.2) is 0 Å². The molecule has 7 heavy (non-hydrogen) atoms. The molecular weight excluding hydrogens is 94.0 g/mol. The number of aliphatic hydroxyl groups excluding tert-OH is 1. The zero-order chi connectivity index (χ0) is 5.11. The van der Waals surface area contributed by atoms with E-state index < -0.39 is 0 Å². The third kappa shape index (κ3) is 1.12. The quantitative estimate of drug-likeness (QED) is 0.444. The smallest absolute Gasteiger partial charge is 0.0971 e. The summed E-state index contributed by atoms with van der Waals surface area (Å²) < 4.78 is 4.94. The molecule has 1 fully saturated rings. The van der Waals surface area contributed by atoms with Crippen LogP contribution >= 0.6 is 0 Å². The zero-order valence-corrected chi connectivity index (χ0v) is 4.05. The van der Waals surface area contributed by atoms with Crippen molar-refractivity contribution in [1.82, 2.24) is 5.32 Å². The van der Waals surface area contributed by atoms with Gasteiger partial charge in [-0.2, -0.15) is 0 Å². The lowest BCUT2D eigenvalue weighted by Gasteiger charge is -1.99. The second kappa shape index (κ2) is 2.26. The number of hydrogen-bond donors (Lipinski definition) is 2. The Morgan fingerprint density at radius 2 is 2.71 bits per heavy atom. The summed E-state index contributed by atoms with van der Waals surface area (Å²) in [5.74, 6) is 0. The molecular formula is C4H9NO2. The van der Waals surface area contributed by atoms with Crippen molar-refractivity contribution in [2.75, 3.05) is 19.9 Å². The molecule has 3 nitrogen and oxygen atoms in total. The van der Waals surface area contributed by atoms with Crippen molar-refractivity contribution in [3.05, 3.63) is 0 Å². The summed E-state index contributed by atoms with van der Waals surface area (Å²) in [5, 5.41) is 11.3. The molecule has 2 N–H and O–H groups in total. The van der Waals surface area contributed by atoms with Crippen molar-refractivity contribution in [2.45, 2.75) is 6.10 Å². The highest BCUT2D eigenvalue weighted by molar-refractivity contribution is 4.62. The maximum absolute atomic E-state index is 8.40. The van der Waals surface area contributed by atoms with Gasteiger partial charge in [-0.05, 0) is 0 Å². The molecule has 0 saturated carbocycles. The lowest BCUT2D eigenvalue weighted by Crippen LogP contribution is -2.17. The summed E-state index contributed by atoms with van der Waals surface area (Å²) in [6, 6.07) is 0. The van der Waals surface area contributed by atoms with E-state index in [4.69, 9.17) is 9.84 Å². The molecule has 0 spiro atoms. The van der Waals surface area contributed by atoms with E-state index in [1.165, 1.54) is 0 Å². The molecule has 0 aromatic carbocycles. The molecule has 0 unspecified atom stereocenters. The Morgan fingerprint density at radius 1 is 1.86 bits per heavy atom. The standard InChI is InChI=1S/C4H9NO2/c6-2-4-1-5-3-7-4/h4-6H,1-3H2/t4-/m0/s1. The van der Waals surface area contributed by atoms with Gasteiger partial charge in [-0.3, -0.25) is 5.32 Å². The number of nitrogens with one attached hydrogen (secondary N) is 1. The van der Waals surface area contributed by atoms with Crippen LogP contribution < -0.4 is 5.32 Å². The van der Waals surface area contributed by atoms with Gasteiger partial charge in [0.1, 0.15) is 0 Å². The number of hydrogen-bond acceptors (Lipinski definition) is 3. The number of aliphatic hydroxyl groups is 1. The van der Waals surface area contributed by atoms with Crippen molar-refractivity contribution in [3.8, 4) is 0 Å². The minimum absolute atomic E-state index is 0.0417. The SMILES string of the molecule is OC[C@@H]1CNCO1. The van der Waals surface area contributed by atoms with Gasteiger partial charge in [0.05, 0.1) is 19.4 Å². The second-order valence-electron chi connectivity index (χ2n) is 1.57. The summed E-state index contributed by atoms with van der Waals surface area (Å²) >= 11 is 0. The second-order valence-corrected chi connectivity index (χ2v) is 1.57. The minimum Gasteiger partial charge on any atom is -0.394 e. The fourth-order valence-corrected chi connectivity index (χ4v) is 0.573. The van der Waals surface area contributed by atoms with Crippen molar-refractivity contribution >= 4 is 0 Å². The van der Waals surface area contributed by atoms with Crippen molar-refractivity contribution in [3.63, 3.8) is 0 Å². The van der Waals surface area contributed by atoms with Gasteiger partial charge in [0.2, 0.25) is 0 Å². The van der Waals surface area contributed by atoms with Gasteiger partial charge < -0.3 is 9.84 Å². The first-order valence-electron chi connectivity index (χ1n) is 2.36. The molecule has 0 bridgehead atoms. The topological polar surface area (TPSA) is 41.5 Å². The maximum atomic E-state index is 8.40. The molecule has 1 rings (SSSR count). The molecule has 0 amide bonds. The van der Waals surface area contributed by atoms with E-state index in [0.717, 1.165) is 6.54 Å². The first-order chi connectivity index (χ1) is 3.43. The Kier molecular flexibility index (Phi) is 1.62. The van der Waals surface area contributed by atoms with Crippen LogP contribution in [0, 0.1) is 0 Å². The Bertz CT molecular complexity index is 51.7. The van der Waals surface area contributed by atoms with Crippen LogP contribution in [0.3, 0.4) is 0 Å². The summed E-state index contributed by atoms with van der Waals surface area (Å²) in [6.07, 6.45) is 0.0417. The van der Waals surface area contributed by atoms with E-state index in [9.17, 15) is 0 Å². The summed E-state index contributed by atoms with van der Waals surface area (Å²) in [7, 11) is 0. The van der Waals surface area contributed by atoms with E-state index in [1.54, 1.807) is 0 Å². The highest BCUT2D eigenvalue weighted by Crippen LogP contribution is 1.92. The van der Waals surface area contributed by atoms with Crippen LogP contribution in [-0.2, 0) is 4.74 Å². The van der Waals surface area contributed by atoms with E-state index in [2.05, 4.69) is 5.32 Å². The summed E-state index contributed by atoms with van der Waals surface area (Å²) in [4.78, 5) is 0. The molecule has 0 aromatic rings. The molecule has 3 heteroatoms. The van der Waals surface area contributed by atoms with Gasteiger partial charge in [0, 0.05) is 6.54 Å². The number of rotatable bonds is 1. The predicted octanol–water partition coefficient (Wildman–Crippen LogP) is -1.08. The van der Waals surface area contributed by atoms with Gasteiger partial charge in [-0.15, -0.1) is 0 Å². The monoisotopic (exact) mass is 103 g/mol. The largest absolute Gasteiger partial charge is 0.394 e. The first-order valence-corrected chi connectivity index (χ1v) is 2.36. The Balaban J connectivity index is 2.14. The lowest BCUT2D eigenvalue weighted by molar-refractivity contribution is 0.0630. The third-order valence-electron chi connectivity index (χ3n) is 0.997. The fraction of sp³-hybridized carbons (Fsp3) is 1.00. The van der Waals surface area contributed by atoms with Crippen LogP contribution in [0.4, 0.5) is 0 Å². The lowest BCUT2D eigenvalue weighted by atomic mass is 10.4. The highest BCUT2D eigenvalue weighted by Gasteiger charge is 2.11. The van der Waals surface area contributed by atoms with Crippen LogP contribution in [0.1, 0.15) is 0 Å². The molecule has 0 aromatic heterocycles. The first kappa shape index (κ1) is 5.03. The summed E-state index contributed by atoms with van der Waals surface area (Å²) in [5.41, 5.74) is 0. The third-order valence-corrected chi connectivity index (χ3v) is 0.997. The average Bonchev–Trinajstić information content (AvgIpc) is 2.14. The van der Waals surface area contributed by atoms with Crippen molar-refractivity contribution < 1.29 is 9.84 Å². The Labute approximate surface area is 42.3 Å². The molecule has 1 atom stereocenters. The molecule has 0 radical (unpaired) electrons. The Morgan fingerprint density at radius 3 is 3.00 bits per heavy atom. The van der Waals surface area contributed by atoms with Crippen LogP contribution in [-0.4, -0.2) is 31.1 Å². The molecule has 1 heterocycles.